The summed E-state index contributed by atoms with van der Waals surface area (Å²) in [6.07, 6.45) is 1.52. The fourth-order valence-electron chi connectivity index (χ4n) is 2.38. The van der Waals surface area contributed by atoms with E-state index in [0.29, 0.717) is 5.56 Å². The highest BCUT2D eigenvalue weighted by molar-refractivity contribution is 7.85. The van der Waals surface area contributed by atoms with Gasteiger partial charge in [0.05, 0.1) is 0 Å². The van der Waals surface area contributed by atoms with Crippen molar-refractivity contribution in [2.45, 2.75) is 35.8 Å². The molecule has 1 amide bonds. The molecule has 0 aromatic heterocycles. The van der Waals surface area contributed by atoms with Crippen LogP contribution < -0.4 is 5.32 Å². The fraction of sp³-hybridized carbons (Fsp3) is 0.429. The minimum absolute atomic E-state index is 0.0354. The summed E-state index contributed by atoms with van der Waals surface area (Å²) in [4.78, 5) is 12.1. The second-order valence-corrected chi connectivity index (χ2v) is 6.46. The molecule has 2 atom stereocenters. The van der Waals surface area contributed by atoms with Crippen LogP contribution in [0.1, 0.15) is 18.4 Å². The van der Waals surface area contributed by atoms with Gasteiger partial charge in [-0.3, -0.25) is 4.79 Å². The zero-order valence-corrected chi connectivity index (χ0v) is 13.0. The topological polar surface area (TPSA) is 61.7 Å². The van der Waals surface area contributed by atoms with Crippen LogP contribution in [0.15, 0.2) is 29.4 Å². The largest absolute Gasteiger partial charge is 0.410 e. The monoisotopic (exact) mass is 328 g/mol. The minimum Gasteiger partial charge on any atom is -0.410 e. The van der Waals surface area contributed by atoms with Crippen LogP contribution in [-0.4, -0.2) is 33.4 Å². The summed E-state index contributed by atoms with van der Waals surface area (Å²) in [6, 6.07) is 5.81. The Hall–Kier alpha value is -1.21. The van der Waals surface area contributed by atoms with E-state index in [2.05, 4.69) is 35.7 Å². The molecule has 0 saturated heterocycles. The van der Waals surface area contributed by atoms with Gasteiger partial charge in [-0.05, 0) is 30.5 Å². The molecule has 0 spiro atoms. The van der Waals surface area contributed by atoms with Gasteiger partial charge < -0.3 is 10.5 Å². The molecule has 2 N–H and O–H groups in total. The molecule has 4 nitrogen and oxygen atoms in total. The van der Waals surface area contributed by atoms with Crippen LogP contribution >= 0.6 is 25.3 Å². The predicted molar refractivity (Wildman–Crippen MR) is 86.0 cm³/mol. The zero-order valence-electron chi connectivity index (χ0n) is 11.2. The van der Waals surface area contributed by atoms with Crippen molar-refractivity contribution in [2.75, 3.05) is 0 Å². The standard InChI is InChI=1S/C14H17FN2O2S2/c15-9-3-1-2-8(4-9)5-11(17-19)14(18)16-10-6-12(20)13(21)7-10/h1-4,10,12-13,19-21H,5-7H2,(H,16,18)/b17-11+. The molecule has 0 aliphatic heterocycles. The van der Waals surface area contributed by atoms with Crippen molar-refractivity contribution in [3.05, 3.63) is 35.6 Å². The maximum absolute atomic E-state index is 13.1. The highest BCUT2D eigenvalue weighted by Gasteiger charge is 2.31. The number of carbonyl (C=O) groups is 1. The fourth-order valence-corrected chi connectivity index (χ4v) is 3.13. The third-order valence-electron chi connectivity index (χ3n) is 3.47. The lowest BCUT2D eigenvalue weighted by Crippen LogP contribution is -2.39. The molecule has 1 aromatic carbocycles. The first-order chi connectivity index (χ1) is 9.99. The Kier molecular flexibility index (Phi) is 5.52. The SMILES string of the molecule is O=C(NC1CC(S)C(S)C1)/C(Cc1cccc(F)c1)=N/O. The van der Waals surface area contributed by atoms with Gasteiger partial charge in [0.1, 0.15) is 11.5 Å². The quantitative estimate of drug-likeness (QED) is 0.296. The van der Waals surface area contributed by atoms with Gasteiger partial charge in [-0.25, -0.2) is 4.39 Å². The minimum atomic E-state index is -0.449. The molecular weight excluding hydrogens is 311 g/mol. The molecule has 0 heterocycles. The number of nitrogens with zero attached hydrogens (tertiary/aromatic N) is 1. The van der Waals surface area contributed by atoms with Crippen LogP contribution in [-0.2, 0) is 11.2 Å². The third-order valence-corrected chi connectivity index (χ3v) is 4.85. The van der Waals surface area contributed by atoms with E-state index in [1.807, 2.05) is 0 Å². The van der Waals surface area contributed by atoms with Gasteiger partial charge >= 0.3 is 0 Å². The average molecular weight is 328 g/mol. The smallest absolute Gasteiger partial charge is 0.269 e. The molecule has 1 aromatic rings. The van der Waals surface area contributed by atoms with Gasteiger partial charge in [-0.2, -0.15) is 25.3 Å². The van der Waals surface area contributed by atoms with Crippen LogP contribution in [0.2, 0.25) is 0 Å². The molecule has 1 saturated carbocycles. The number of benzene rings is 1. The van der Waals surface area contributed by atoms with Crippen LogP contribution in [0.3, 0.4) is 0 Å². The summed E-state index contributed by atoms with van der Waals surface area (Å²) in [5.74, 6) is -0.841. The number of amides is 1. The van der Waals surface area contributed by atoms with E-state index in [1.165, 1.54) is 12.1 Å². The van der Waals surface area contributed by atoms with E-state index < -0.39 is 11.7 Å². The Morgan fingerprint density at radius 1 is 1.38 bits per heavy atom. The number of hydrogen-bond acceptors (Lipinski definition) is 5. The maximum atomic E-state index is 13.1. The molecule has 21 heavy (non-hydrogen) atoms. The van der Waals surface area contributed by atoms with Crippen molar-refractivity contribution >= 4 is 36.9 Å². The van der Waals surface area contributed by atoms with Gasteiger partial charge in [0.2, 0.25) is 0 Å². The normalized spacial score (nSPS) is 25.9. The van der Waals surface area contributed by atoms with Gasteiger partial charge in [-0.15, -0.1) is 0 Å². The number of nitrogens with one attached hydrogen (secondary N) is 1. The first kappa shape index (κ1) is 16.2. The molecule has 2 unspecified atom stereocenters. The van der Waals surface area contributed by atoms with E-state index in [0.717, 1.165) is 12.8 Å². The molecular formula is C14H17FN2O2S2. The van der Waals surface area contributed by atoms with E-state index in [1.54, 1.807) is 12.1 Å². The van der Waals surface area contributed by atoms with E-state index in [9.17, 15) is 9.18 Å². The number of carbonyl (C=O) groups excluding carboxylic acids is 1. The van der Waals surface area contributed by atoms with Crippen molar-refractivity contribution < 1.29 is 14.4 Å². The van der Waals surface area contributed by atoms with E-state index in [-0.39, 0.29) is 28.7 Å². The summed E-state index contributed by atoms with van der Waals surface area (Å²) in [5.41, 5.74) is 0.530. The number of rotatable bonds is 4. The Balaban J connectivity index is 1.96. The summed E-state index contributed by atoms with van der Waals surface area (Å²) in [7, 11) is 0. The number of halogens is 1. The lowest BCUT2D eigenvalue weighted by atomic mass is 10.1. The van der Waals surface area contributed by atoms with Crippen molar-refractivity contribution in [3.8, 4) is 0 Å². The van der Waals surface area contributed by atoms with Gasteiger partial charge in [0.15, 0.2) is 0 Å². The Morgan fingerprint density at radius 2 is 2.05 bits per heavy atom. The Labute approximate surface area is 133 Å². The first-order valence-electron chi connectivity index (χ1n) is 6.62. The molecule has 0 radical (unpaired) electrons. The van der Waals surface area contributed by atoms with Crippen LogP contribution in [0.25, 0.3) is 0 Å². The summed E-state index contributed by atoms with van der Waals surface area (Å²) >= 11 is 8.77. The molecule has 0 bridgehead atoms. The van der Waals surface area contributed by atoms with Crippen LogP contribution in [0.5, 0.6) is 0 Å². The highest BCUT2D eigenvalue weighted by Crippen LogP contribution is 2.28. The maximum Gasteiger partial charge on any atom is 0.269 e. The second kappa shape index (κ2) is 7.17. The molecule has 7 heteroatoms. The number of hydrogen-bond donors (Lipinski definition) is 4. The van der Waals surface area contributed by atoms with Crippen LogP contribution in [0, 0.1) is 5.82 Å². The van der Waals surface area contributed by atoms with Crippen LogP contribution in [0.4, 0.5) is 4.39 Å². The van der Waals surface area contributed by atoms with Gasteiger partial charge in [-0.1, -0.05) is 17.3 Å². The van der Waals surface area contributed by atoms with Gasteiger partial charge in [0, 0.05) is 23.0 Å². The molecule has 2 rings (SSSR count). The van der Waals surface area contributed by atoms with Crippen molar-refractivity contribution in [3.63, 3.8) is 0 Å². The van der Waals surface area contributed by atoms with E-state index in [4.69, 9.17) is 5.21 Å². The average Bonchev–Trinajstić information content (AvgIpc) is 2.74. The summed E-state index contributed by atoms with van der Waals surface area (Å²) in [6.45, 7) is 0. The Bertz CT molecular complexity index is 544. The van der Waals surface area contributed by atoms with E-state index >= 15 is 0 Å². The lowest BCUT2D eigenvalue weighted by molar-refractivity contribution is -0.115. The second-order valence-electron chi connectivity index (χ2n) is 5.13. The third kappa shape index (κ3) is 4.38. The number of thiol groups is 2. The van der Waals surface area contributed by atoms with Crippen molar-refractivity contribution in [1.29, 1.82) is 0 Å². The molecule has 1 fully saturated rings. The number of oxime groups is 1. The Morgan fingerprint density at radius 3 is 2.62 bits per heavy atom. The first-order valence-corrected chi connectivity index (χ1v) is 7.65. The zero-order chi connectivity index (χ0) is 15.4. The summed E-state index contributed by atoms with van der Waals surface area (Å²) in [5, 5.41) is 15.1. The van der Waals surface area contributed by atoms with Gasteiger partial charge in [0.25, 0.3) is 5.91 Å². The van der Waals surface area contributed by atoms with Crippen molar-refractivity contribution in [2.24, 2.45) is 5.16 Å². The van der Waals surface area contributed by atoms with Crippen molar-refractivity contribution in [1.82, 2.24) is 5.32 Å². The summed E-state index contributed by atoms with van der Waals surface area (Å²) < 4.78 is 13.1. The predicted octanol–water partition coefficient (Wildman–Crippen LogP) is 2.07. The molecule has 1 aliphatic rings. The lowest BCUT2D eigenvalue weighted by Gasteiger charge is -2.13. The molecule has 1 aliphatic carbocycles. The highest BCUT2D eigenvalue weighted by atomic mass is 32.1. The molecule has 114 valence electrons.